The van der Waals surface area contributed by atoms with Gasteiger partial charge < -0.3 is 9.15 Å². The first-order valence-corrected chi connectivity index (χ1v) is 8.12. The topological polar surface area (TPSA) is 56.5 Å². The van der Waals surface area contributed by atoms with Gasteiger partial charge in [0.25, 0.3) is 0 Å². The van der Waals surface area contributed by atoms with Crippen molar-refractivity contribution < 1.29 is 18.7 Å². The lowest BCUT2D eigenvalue weighted by Crippen LogP contribution is -2.07. The van der Waals surface area contributed by atoms with Crippen molar-refractivity contribution in [1.29, 1.82) is 0 Å². The van der Waals surface area contributed by atoms with Gasteiger partial charge >= 0.3 is 5.97 Å². The fourth-order valence-electron chi connectivity index (χ4n) is 2.38. The van der Waals surface area contributed by atoms with Crippen molar-refractivity contribution in [1.82, 2.24) is 0 Å². The predicted octanol–water partition coefficient (Wildman–Crippen LogP) is 4.51. The molecule has 2 aromatic rings. The highest BCUT2D eigenvalue weighted by Gasteiger charge is 2.43. The Hall–Kier alpha value is -2.62. The first-order valence-electron chi connectivity index (χ1n) is 8.12. The summed E-state index contributed by atoms with van der Waals surface area (Å²) in [6.45, 7) is 4.11. The summed E-state index contributed by atoms with van der Waals surface area (Å²) < 4.78 is 10.7. The van der Waals surface area contributed by atoms with Gasteiger partial charge in [-0.05, 0) is 56.2 Å². The second-order valence-electron chi connectivity index (χ2n) is 6.26. The molecule has 1 aliphatic carbocycles. The normalized spacial score (nSPS) is 15.4. The number of allylic oxidation sites excluding steroid dienone is 1. The number of esters is 1. The number of carbonyl (C=O) groups is 2. The minimum atomic E-state index is -0.334. The zero-order chi connectivity index (χ0) is 17.2. The highest BCUT2D eigenvalue weighted by atomic mass is 16.5. The van der Waals surface area contributed by atoms with Crippen LogP contribution in [-0.2, 0) is 9.53 Å². The Labute approximate surface area is 141 Å². The number of hydrogen-bond donors (Lipinski definition) is 0. The number of furan rings is 1. The molecule has 3 rings (SSSR count). The molecule has 4 nitrogen and oxygen atoms in total. The van der Waals surface area contributed by atoms with E-state index in [0.717, 1.165) is 18.4 Å². The van der Waals surface area contributed by atoms with Crippen LogP contribution < -0.4 is 0 Å². The molecule has 0 unspecified atom stereocenters. The van der Waals surface area contributed by atoms with E-state index in [9.17, 15) is 9.59 Å². The first-order chi connectivity index (χ1) is 11.5. The van der Waals surface area contributed by atoms with Gasteiger partial charge in [0.05, 0.1) is 12.2 Å². The van der Waals surface area contributed by atoms with Crippen LogP contribution in [0, 0.1) is 5.41 Å². The molecule has 1 aromatic carbocycles. The summed E-state index contributed by atoms with van der Waals surface area (Å²) in [7, 11) is 0. The lowest BCUT2D eigenvalue weighted by molar-refractivity contribution is -0.118. The quantitative estimate of drug-likeness (QED) is 0.579. The number of benzene rings is 1. The van der Waals surface area contributed by atoms with Gasteiger partial charge in [-0.1, -0.05) is 19.1 Å². The molecular formula is C20H20O4. The van der Waals surface area contributed by atoms with E-state index >= 15 is 0 Å². The molecular weight excluding hydrogens is 304 g/mol. The smallest absolute Gasteiger partial charge is 0.338 e. The van der Waals surface area contributed by atoms with Gasteiger partial charge in [0, 0.05) is 11.0 Å². The van der Waals surface area contributed by atoms with Crippen LogP contribution in [0.2, 0.25) is 0 Å². The van der Waals surface area contributed by atoms with Gasteiger partial charge in [-0.15, -0.1) is 0 Å². The maximum Gasteiger partial charge on any atom is 0.338 e. The summed E-state index contributed by atoms with van der Waals surface area (Å²) in [5.41, 5.74) is 1.22. The third-order valence-corrected chi connectivity index (χ3v) is 4.30. The number of carbonyl (C=O) groups excluding carboxylic acids is 2. The van der Waals surface area contributed by atoms with Crippen molar-refractivity contribution in [2.24, 2.45) is 5.41 Å². The van der Waals surface area contributed by atoms with Crippen LogP contribution in [0.1, 0.15) is 42.8 Å². The molecule has 0 atom stereocenters. The van der Waals surface area contributed by atoms with Crippen molar-refractivity contribution in [3.63, 3.8) is 0 Å². The first kappa shape index (κ1) is 16.2. The van der Waals surface area contributed by atoms with E-state index in [4.69, 9.17) is 9.15 Å². The van der Waals surface area contributed by atoms with Crippen LogP contribution in [-0.4, -0.2) is 18.4 Å². The monoisotopic (exact) mass is 324 g/mol. The Morgan fingerprint density at radius 1 is 1.17 bits per heavy atom. The SMILES string of the molecule is CCOC(=O)c1ccc(-c2ccc(/C=C/C(=O)C3(C)CC3)o2)cc1. The van der Waals surface area contributed by atoms with Gasteiger partial charge in [0.1, 0.15) is 11.5 Å². The highest BCUT2D eigenvalue weighted by Crippen LogP contribution is 2.46. The average molecular weight is 324 g/mol. The molecule has 0 saturated heterocycles. The van der Waals surface area contributed by atoms with Gasteiger partial charge in [-0.3, -0.25) is 4.79 Å². The summed E-state index contributed by atoms with van der Waals surface area (Å²) in [5.74, 6) is 1.14. The van der Waals surface area contributed by atoms with Crippen LogP contribution in [0.5, 0.6) is 0 Å². The summed E-state index contributed by atoms with van der Waals surface area (Å²) in [6, 6.07) is 10.7. The molecule has 0 bridgehead atoms. The minimum absolute atomic E-state index is 0.152. The Morgan fingerprint density at radius 3 is 2.50 bits per heavy atom. The molecule has 1 fully saturated rings. The van der Waals surface area contributed by atoms with E-state index in [0.29, 0.717) is 23.7 Å². The van der Waals surface area contributed by atoms with E-state index < -0.39 is 0 Å². The van der Waals surface area contributed by atoms with Crippen LogP contribution in [0.4, 0.5) is 0 Å². The zero-order valence-electron chi connectivity index (χ0n) is 13.9. The zero-order valence-corrected chi connectivity index (χ0v) is 13.9. The van der Waals surface area contributed by atoms with Crippen molar-refractivity contribution >= 4 is 17.8 Å². The summed E-state index contributed by atoms with van der Waals surface area (Å²) >= 11 is 0. The van der Waals surface area contributed by atoms with Gasteiger partial charge in [0.15, 0.2) is 5.78 Å². The Bertz CT molecular complexity index is 776. The predicted molar refractivity (Wildman–Crippen MR) is 91.5 cm³/mol. The lowest BCUT2D eigenvalue weighted by atomic mass is 10.0. The fraction of sp³-hybridized carbons (Fsp3) is 0.300. The average Bonchev–Trinajstić information content (AvgIpc) is 3.17. The van der Waals surface area contributed by atoms with Gasteiger partial charge in [-0.25, -0.2) is 4.79 Å². The van der Waals surface area contributed by atoms with Crippen LogP contribution in [0.3, 0.4) is 0 Å². The molecule has 4 heteroatoms. The third-order valence-electron chi connectivity index (χ3n) is 4.30. The molecule has 0 N–H and O–H groups in total. The van der Waals surface area contributed by atoms with E-state index in [1.54, 1.807) is 31.2 Å². The second kappa shape index (κ2) is 6.48. The van der Waals surface area contributed by atoms with Crippen molar-refractivity contribution in [2.75, 3.05) is 6.61 Å². The Balaban J connectivity index is 1.70. The van der Waals surface area contributed by atoms with Crippen molar-refractivity contribution in [3.8, 4) is 11.3 Å². The molecule has 0 radical (unpaired) electrons. The Kier molecular flexibility index (Phi) is 4.38. The second-order valence-corrected chi connectivity index (χ2v) is 6.26. The van der Waals surface area contributed by atoms with E-state index in [1.165, 1.54) is 0 Å². The fourth-order valence-corrected chi connectivity index (χ4v) is 2.38. The molecule has 1 heterocycles. The minimum Gasteiger partial charge on any atom is -0.462 e. The highest BCUT2D eigenvalue weighted by molar-refractivity contribution is 5.99. The molecule has 1 saturated carbocycles. The lowest BCUT2D eigenvalue weighted by Gasteiger charge is -2.02. The molecule has 124 valence electrons. The number of ketones is 1. The molecule has 1 aliphatic rings. The maximum absolute atomic E-state index is 12.0. The summed E-state index contributed by atoms with van der Waals surface area (Å²) in [4.78, 5) is 23.6. The van der Waals surface area contributed by atoms with E-state index in [-0.39, 0.29) is 17.2 Å². The summed E-state index contributed by atoms with van der Waals surface area (Å²) in [5, 5.41) is 0. The van der Waals surface area contributed by atoms with Crippen LogP contribution in [0.25, 0.3) is 17.4 Å². The number of hydrogen-bond acceptors (Lipinski definition) is 4. The Morgan fingerprint density at radius 2 is 1.88 bits per heavy atom. The van der Waals surface area contributed by atoms with Crippen molar-refractivity contribution in [2.45, 2.75) is 26.7 Å². The van der Waals surface area contributed by atoms with Crippen LogP contribution >= 0.6 is 0 Å². The molecule has 0 spiro atoms. The largest absolute Gasteiger partial charge is 0.462 e. The molecule has 0 aliphatic heterocycles. The standard InChI is InChI=1S/C20H20O4/c1-3-23-19(22)15-6-4-14(5-7-15)17-10-8-16(24-17)9-11-18(21)20(2)12-13-20/h4-11H,3,12-13H2,1-2H3/b11-9+. The molecule has 1 aromatic heterocycles. The number of rotatable bonds is 6. The van der Waals surface area contributed by atoms with Gasteiger partial charge in [0.2, 0.25) is 0 Å². The molecule has 0 amide bonds. The van der Waals surface area contributed by atoms with E-state index in [1.807, 2.05) is 31.2 Å². The van der Waals surface area contributed by atoms with E-state index in [2.05, 4.69) is 0 Å². The maximum atomic E-state index is 12.0. The number of ether oxygens (including phenoxy) is 1. The van der Waals surface area contributed by atoms with Crippen LogP contribution in [0.15, 0.2) is 46.9 Å². The van der Waals surface area contributed by atoms with Crippen molar-refractivity contribution in [3.05, 3.63) is 53.8 Å². The third kappa shape index (κ3) is 3.48. The summed E-state index contributed by atoms with van der Waals surface area (Å²) in [6.07, 6.45) is 5.24. The van der Waals surface area contributed by atoms with Gasteiger partial charge in [-0.2, -0.15) is 0 Å². The molecule has 24 heavy (non-hydrogen) atoms.